The van der Waals surface area contributed by atoms with Crippen LogP contribution in [0, 0.1) is 5.92 Å². The number of hydrogen-bond acceptors (Lipinski definition) is 2. The molecule has 0 aromatic rings. The molecule has 0 fully saturated rings. The highest BCUT2D eigenvalue weighted by atomic mass is 16.2. The molecule has 0 spiro atoms. The second kappa shape index (κ2) is 10.4. The van der Waals surface area contributed by atoms with Crippen LogP contribution in [0.25, 0.3) is 0 Å². The molecule has 0 aromatic heterocycles. The minimum Gasteiger partial charge on any atom is -0.356 e. The van der Waals surface area contributed by atoms with Gasteiger partial charge in [0.2, 0.25) is 11.8 Å². The van der Waals surface area contributed by atoms with Gasteiger partial charge in [0.1, 0.15) is 0 Å². The Hall–Kier alpha value is -1.32. The molecule has 2 amide bonds. The molecule has 4 heteroatoms. The van der Waals surface area contributed by atoms with Crippen molar-refractivity contribution in [2.24, 2.45) is 5.92 Å². The van der Waals surface area contributed by atoms with Crippen molar-refractivity contribution in [1.29, 1.82) is 0 Å². The van der Waals surface area contributed by atoms with Gasteiger partial charge in [0.05, 0.1) is 0 Å². The first-order valence-electron chi connectivity index (χ1n) is 8.29. The number of carbonyl (C=O) groups is 2. The van der Waals surface area contributed by atoms with E-state index >= 15 is 0 Å². The van der Waals surface area contributed by atoms with E-state index in [-0.39, 0.29) is 24.7 Å². The Morgan fingerprint density at radius 2 is 1.76 bits per heavy atom. The van der Waals surface area contributed by atoms with Crippen LogP contribution in [0.2, 0.25) is 0 Å². The van der Waals surface area contributed by atoms with Crippen LogP contribution >= 0.6 is 0 Å². The SMILES string of the molecule is CC(C)CCNC(=O)CCC(=O)NCCC1=CCCCC1. The maximum atomic E-state index is 11.7. The van der Waals surface area contributed by atoms with Crippen LogP contribution < -0.4 is 10.6 Å². The summed E-state index contributed by atoms with van der Waals surface area (Å²) in [6.07, 6.45) is 9.72. The highest BCUT2D eigenvalue weighted by molar-refractivity contribution is 5.83. The van der Waals surface area contributed by atoms with Crippen molar-refractivity contribution in [2.45, 2.75) is 65.2 Å². The Balaban J connectivity index is 2.02. The fourth-order valence-electron chi connectivity index (χ4n) is 2.40. The van der Waals surface area contributed by atoms with Crippen molar-refractivity contribution in [2.75, 3.05) is 13.1 Å². The van der Waals surface area contributed by atoms with Gasteiger partial charge in [0.25, 0.3) is 0 Å². The fraction of sp³-hybridized carbons (Fsp3) is 0.765. The van der Waals surface area contributed by atoms with Crippen LogP contribution in [0.15, 0.2) is 11.6 Å². The molecular formula is C17H30N2O2. The molecule has 21 heavy (non-hydrogen) atoms. The van der Waals surface area contributed by atoms with E-state index in [1.807, 2.05) is 0 Å². The van der Waals surface area contributed by atoms with Gasteiger partial charge in [-0.2, -0.15) is 0 Å². The highest BCUT2D eigenvalue weighted by Gasteiger charge is 2.08. The van der Waals surface area contributed by atoms with Crippen molar-refractivity contribution in [1.82, 2.24) is 10.6 Å². The van der Waals surface area contributed by atoms with Gasteiger partial charge in [-0.25, -0.2) is 0 Å². The van der Waals surface area contributed by atoms with E-state index in [1.54, 1.807) is 0 Å². The Morgan fingerprint density at radius 3 is 2.33 bits per heavy atom. The molecule has 0 saturated carbocycles. The van der Waals surface area contributed by atoms with E-state index in [4.69, 9.17) is 0 Å². The smallest absolute Gasteiger partial charge is 0.220 e. The van der Waals surface area contributed by atoms with Gasteiger partial charge in [-0.1, -0.05) is 25.5 Å². The molecule has 4 nitrogen and oxygen atoms in total. The predicted molar refractivity (Wildman–Crippen MR) is 85.9 cm³/mol. The summed E-state index contributed by atoms with van der Waals surface area (Å²) in [5.74, 6) is 0.536. The molecular weight excluding hydrogens is 264 g/mol. The monoisotopic (exact) mass is 294 g/mol. The molecule has 1 aliphatic rings. The molecule has 0 atom stereocenters. The Labute approximate surface area is 128 Å². The molecule has 0 aliphatic heterocycles. The van der Waals surface area contributed by atoms with Gasteiger partial charge in [0.15, 0.2) is 0 Å². The summed E-state index contributed by atoms with van der Waals surface area (Å²) >= 11 is 0. The predicted octanol–water partition coefficient (Wildman–Crippen LogP) is 2.94. The maximum Gasteiger partial charge on any atom is 0.220 e. The summed E-state index contributed by atoms with van der Waals surface area (Å²) in [4.78, 5) is 23.2. The summed E-state index contributed by atoms with van der Waals surface area (Å²) in [5, 5.41) is 5.75. The first-order chi connectivity index (χ1) is 10.1. The van der Waals surface area contributed by atoms with E-state index in [0.717, 1.165) is 12.8 Å². The third-order valence-electron chi connectivity index (χ3n) is 3.78. The Bertz CT molecular complexity index is 362. The van der Waals surface area contributed by atoms with E-state index in [0.29, 0.717) is 19.0 Å². The van der Waals surface area contributed by atoms with Crippen LogP contribution in [-0.2, 0) is 9.59 Å². The molecule has 1 aliphatic carbocycles. The first-order valence-corrected chi connectivity index (χ1v) is 8.29. The summed E-state index contributed by atoms with van der Waals surface area (Å²) in [5.41, 5.74) is 1.47. The zero-order valence-corrected chi connectivity index (χ0v) is 13.5. The molecule has 120 valence electrons. The Kier molecular flexibility index (Phi) is 8.79. The molecule has 0 radical (unpaired) electrons. The minimum atomic E-state index is -0.0270. The highest BCUT2D eigenvalue weighted by Crippen LogP contribution is 2.19. The lowest BCUT2D eigenvalue weighted by molar-refractivity contribution is -0.126. The normalized spacial score (nSPS) is 14.7. The zero-order valence-electron chi connectivity index (χ0n) is 13.5. The number of carbonyl (C=O) groups excluding carboxylic acids is 2. The number of allylic oxidation sites excluding steroid dienone is 1. The second-order valence-electron chi connectivity index (χ2n) is 6.24. The molecule has 0 unspecified atom stereocenters. The zero-order chi connectivity index (χ0) is 15.5. The van der Waals surface area contributed by atoms with Crippen LogP contribution in [-0.4, -0.2) is 24.9 Å². The molecule has 0 aromatic carbocycles. The van der Waals surface area contributed by atoms with Crippen LogP contribution in [0.1, 0.15) is 65.2 Å². The van der Waals surface area contributed by atoms with E-state index < -0.39 is 0 Å². The summed E-state index contributed by atoms with van der Waals surface area (Å²) in [6.45, 7) is 5.65. The third-order valence-corrected chi connectivity index (χ3v) is 3.78. The maximum absolute atomic E-state index is 11.7. The van der Waals surface area contributed by atoms with Gasteiger partial charge in [-0.15, -0.1) is 0 Å². The molecule has 0 saturated heterocycles. The van der Waals surface area contributed by atoms with E-state index in [2.05, 4.69) is 30.6 Å². The lowest BCUT2D eigenvalue weighted by atomic mass is 9.97. The molecule has 1 rings (SSSR count). The quantitative estimate of drug-likeness (QED) is 0.642. The van der Waals surface area contributed by atoms with Crippen molar-refractivity contribution < 1.29 is 9.59 Å². The summed E-state index contributed by atoms with van der Waals surface area (Å²) < 4.78 is 0. The third kappa shape index (κ3) is 9.27. The molecule has 0 heterocycles. The van der Waals surface area contributed by atoms with Crippen LogP contribution in [0.5, 0.6) is 0 Å². The van der Waals surface area contributed by atoms with Crippen molar-refractivity contribution in [3.63, 3.8) is 0 Å². The minimum absolute atomic E-state index is 0.0228. The number of amides is 2. The number of rotatable bonds is 9. The largest absolute Gasteiger partial charge is 0.356 e. The average Bonchev–Trinajstić information content (AvgIpc) is 2.46. The van der Waals surface area contributed by atoms with Gasteiger partial charge >= 0.3 is 0 Å². The van der Waals surface area contributed by atoms with Gasteiger partial charge in [0, 0.05) is 25.9 Å². The topological polar surface area (TPSA) is 58.2 Å². The average molecular weight is 294 g/mol. The Morgan fingerprint density at radius 1 is 1.10 bits per heavy atom. The van der Waals surface area contributed by atoms with Crippen LogP contribution in [0.4, 0.5) is 0 Å². The van der Waals surface area contributed by atoms with Crippen molar-refractivity contribution in [3.8, 4) is 0 Å². The molecule has 2 N–H and O–H groups in total. The number of hydrogen-bond donors (Lipinski definition) is 2. The summed E-state index contributed by atoms with van der Waals surface area (Å²) in [6, 6.07) is 0. The van der Waals surface area contributed by atoms with Gasteiger partial charge < -0.3 is 10.6 Å². The van der Waals surface area contributed by atoms with Crippen molar-refractivity contribution >= 4 is 11.8 Å². The van der Waals surface area contributed by atoms with Crippen molar-refractivity contribution in [3.05, 3.63) is 11.6 Å². The van der Waals surface area contributed by atoms with Gasteiger partial charge in [-0.05, 0) is 44.4 Å². The first kappa shape index (κ1) is 17.7. The number of nitrogens with one attached hydrogen (secondary N) is 2. The standard InChI is InChI=1S/C17H30N2O2/c1-14(2)10-12-18-16(20)8-9-17(21)19-13-11-15-6-4-3-5-7-15/h6,14H,3-5,7-13H2,1-2H3,(H,18,20)(H,19,21). The van der Waals surface area contributed by atoms with E-state index in [9.17, 15) is 9.59 Å². The fourth-order valence-corrected chi connectivity index (χ4v) is 2.40. The van der Waals surface area contributed by atoms with Gasteiger partial charge in [-0.3, -0.25) is 9.59 Å². The van der Waals surface area contributed by atoms with E-state index in [1.165, 1.54) is 31.3 Å². The summed E-state index contributed by atoms with van der Waals surface area (Å²) in [7, 11) is 0. The lowest BCUT2D eigenvalue weighted by Crippen LogP contribution is -2.29. The molecule has 0 bridgehead atoms. The van der Waals surface area contributed by atoms with Crippen LogP contribution in [0.3, 0.4) is 0 Å². The second-order valence-corrected chi connectivity index (χ2v) is 6.24. The lowest BCUT2D eigenvalue weighted by Gasteiger charge is -2.13.